The second-order valence-corrected chi connectivity index (χ2v) is 9.56. The van der Waals surface area contributed by atoms with Gasteiger partial charge < -0.3 is 16.4 Å². The molecule has 0 spiro atoms. The number of hydrogen-bond donors (Lipinski definition) is 3. The number of hydrogen-bond acceptors (Lipinski definition) is 6. The number of nitrogens with two attached hydrogens (primary N) is 1. The first kappa shape index (κ1) is 23.3. The Morgan fingerprint density at radius 3 is 2.45 bits per heavy atom. The van der Waals surface area contributed by atoms with Crippen molar-refractivity contribution in [3.8, 4) is 0 Å². The van der Waals surface area contributed by atoms with Crippen LogP contribution in [0.15, 0.2) is 24.3 Å². The van der Waals surface area contributed by atoms with Crippen LogP contribution < -0.4 is 16.4 Å². The predicted molar refractivity (Wildman–Crippen MR) is 126 cm³/mol. The summed E-state index contributed by atoms with van der Waals surface area (Å²) in [4.78, 5) is 42.4. The van der Waals surface area contributed by atoms with Gasteiger partial charge in [-0.05, 0) is 56.0 Å². The van der Waals surface area contributed by atoms with Crippen LogP contribution in [0.25, 0.3) is 0 Å². The van der Waals surface area contributed by atoms with E-state index in [0.29, 0.717) is 42.4 Å². The van der Waals surface area contributed by atoms with E-state index in [0.717, 1.165) is 29.7 Å². The number of benzene rings is 1. The molecule has 1 aliphatic heterocycles. The molecular weight excluding hydrogens is 445 g/mol. The molecule has 10 heteroatoms. The van der Waals surface area contributed by atoms with Gasteiger partial charge in [0.25, 0.3) is 5.91 Å². The maximum absolute atomic E-state index is 13.0. The van der Waals surface area contributed by atoms with E-state index in [1.165, 1.54) is 35.6 Å². The summed E-state index contributed by atoms with van der Waals surface area (Å²) in [6, 6.07) is 5.28. The van der Waals surface area contributed by atoms with Crippen LogP contribution in [0.3, 0.4) is 0 Å². The quantitative estimate of drug-likeness (QED) is 0.571. The first-order valence-electron chi connectivity index (χ1n) is 11.1. The number of amides is 3. The van der Waals surface area contributed by atoms with Gasteiger partial charge in [0.05, 0.1) is 18.2 Å². The highest BCUT2D eigenvalue weighted by atomic mass is 32.1. The van der Waals surface area contributed by atoms with Gasteiger partial charge in [0.15, 0.2) is 0 Å². The molecule has 0 saturated carbocycles. The topological polar surface area (TPSA) is 108 Å². The van der Waals surface area contributed by atoms with Gasteiger partial charge in [-0.2, -0.15) is 0 Å². The van der Waals surface area contributed by atoms with E-state index in [1.54, 1.807) is 0 Å². The van der Waals surface area contributed by atoms with E-state index in [4.69, 9.17) is 5.73 Å². The summed E-state index contributed by atoms with van der Waals surface area (Å²) in [5.41, 5.74) is 7.60. The van der Waals surface area contributed by atoms with E-state index in [2.05, 4.69) is 15.5 Å². The SMILES string of the molecule is C[C@H](C(=O)Nc1sc2c(c1C(N)=O)CCC2)N1CCN(CC(=O)Nc2ccc(F)cc2)CC1. The molecule has 176 valence electrons. The van der Waals surface area contributed by atoms with Crippen molar-refractivity contribution in [3.63, 3.8) is 0 Å². The van der Waals surface area contributed by atoms with Crippen LogP contribution in [0.2, 0.25) is 0 Å². The van der Waals surface area contributed by atoms with Crippen molar-refractivity contribution in [2.24, 2.45) is 5.73 Å². The molecule has 1 saturated heterocycles. The highest BCUT2D eigenvalue weighted by molar-refractivity contribution is 7.17. The Labute approximate surface area is 195 Å². The first-order chi connectivity index (χ1) is 15.8. The lowest BCUT2D eigenvalue weighted by molar-refractivity contribution is -0.122. The van der Waals surface area contributed by atoms with Crippen LogP contribution in [-0.2, 0) is 22.4 Å². The molecule has 8 nitrogen and oxygen atoms in total. The summed E-state index contributed by atoms with van der Waals surface area (Å²) in [6.45, 7) is 4.65. The average Bonchev–Trinajstić information content (AvgIpc) is 3.36. The van der Waals surface area contributed by atoms with Gasteiger partial charge in [0.2, 0.25) is 11.8 Å². The molecule has 1 aromatic heterocycles. The Bertz CT molecular complexity index is 1050. The van der Waals surface area contributed by atoms with E-state index in [-0.39, 0.29) is 30.2 Å². The number of primary amides is 1. The molecule has 1 fully saturated rings. The fourth-order valence-electron chi connectivity index (χ4n) is 4.38. The summed E-state index contributed by atoms with van der Waals surface area (Å²) < 4.78 is 13.0. The second-order valence-electron chi connectivity index (χ2n) is 8.46. The summed E-state index contributed by atoms with van der Waals surface area (Å²) in [7, 11) is 0. The van der Waals surface area contributed by atoms with Gasteiger partial charge in [0.1, 0.15) is 10.8 Å². The maximum atomic E-state index is 13.0. The van der Waals surface area contributed by atoms with E-state index >= 15 is 0 Å². The minimum Gasteiger partial charge on any atom is -0.365 e. The number of fused-ring (bicyclic) bond motifs is 1. The monoisotopic (exact) mass is 473 g/mol. The van der Waals surface area contributed by atoms with Gasteiger partial charge in [-0.15, -0.1) is 11.3 Å². The molecular formula is C23H28FN5O3S. The standard InChI is InChI=1S/C23H28FN5O3S/c1-14(22(32)27-23-20(21(25)31)17-3-2-4-18(17)33-23)29-11-9-28(10-12-29)13-19(30)26-16-7-5-15(24)6-8-16/h5-8,14H,2-4,9-13H2,1H3,(H2,25,31)(H,26,30)(H,27,32)/t14-/m1/s1. The molecule has 3 amide bonds. The zero-order chi connectivity index (χ0) is 23.5. The lowest BCUT2D eigenvalue weighted by Gasteiger charge is -2.37. The van der Waals surface area contributed by atoms with Crippen molar-refractivity contribution in [3.05, 3.63) is 46.1 Å². The smallest absolute Gasteiger partial charge is 0.251 e. The number of piperazine rings is 1. The molecule has 0 unspecified atom stereocenters. The van der Waals surface area contributed by atoms with Crippen LogP contribution >= 0.6 is 11.3 Å². The number of aryl methyl sites for hydroxylation is 1. The number of rotatable bonds is 7. The number of carbonyl (C=O) groups is 3. The third-order valence-corrected chi connectivity index (χ3v) is 7.44. The number of anilines is 2. The van der Waals surface area contributed by atoms with Crippen molar-refractivity contribution >= 4 is 39.7 Å². The highest BCUT2D eigenvalue weighted by Crippen LogP contribution is 2.38. The number of nitrogens with zero attached hydrogens (tertiary/aromatic N) is 2. The van der Waals surface area contributed by atoms with E-state index in [1.807, 2.05) is 11.8 Å². The van der Waals surface area contributed by atoms with Crippen molar-refractivity contribution in [2.75, 3.05) is 43.4 Å². The Morgan fingerprint density at radius 2 is 1.79 bits per heavy atom. The lowest BCUT2D eigenvalue weighted by Crippen LogP contribution is -2.53. The Kier molecular flexibility index (Phi) is 7.06. The highest BCUT2D eigenvalue weighted by Gasteiger charge is 2.30. The molecule has 2 aliphatic rings. The van der Waals surface area contributed by atoms with Gasteiger partial charge >= 0.3 is 0 Å². The summed E-state index contributed by atoms with van der Waals surface area (Å²) >= 11 is 1.45. The Hall–Kier alpha value is -2.82. The molecule has 0 bridgehead atoms. The summed E-state index contributed by atoms with van der Waals surface area (Å²) in [5, 5.41) is 6.25. The number of halogens is 1. The minimum absolute atomic E-state index is 0.162. The van der Waals surface area contributed by atoms with Crippen molar-refractivity contribution in [1.82, 2.24) is 9.80 Å². The number of nitrogens with one attached hydrogen (secondary N) is 2. The predicted octanol–water partition coefficient (Wildman–Crippen LogP) is 2.06. The van der Waals surface area contributed by atoms with Crippen molar-refractivity contribution in [1.29, 1.82) is 0 Å². The molecule has 1 aliphatic carbocycles. The van der Waals surface area contributed by atoms with Crippen LogP contribution in [0, 0.1) is 5.82 Å². The third-order valence-electron chi connectivity index (χ3n) is 6.23. The molecule has 1 atom stereocenters. The molecule has 1 aromatic carbocycles. The lowest BCUT2D eigenvalue weighted by atomic mass is 10.1. The zero-order valence-electron chi connectivity index (χ0n) is 18.5. The Balaban J connectivity index is 1.27. The molecule has 33 heavy (non-hydrogen) atoms. The van der Waals surface area contributed by atoms with Crippen molar-refractivity contribution < 1.29 is 18.8 Å². The maximum Gasteiger partial charge on any atom is 0.251 e. The molecule has 2 heterocycles. The first-order valence-corrected chi connectivity index (χ1v) is 11.9. The van der Waals surface area contributed by atoms with Gasteiger partial charge in [0, 0.05) is 36.7 Å². The minimum atomic E-state index is -0.495. The molecule has 0 radical (unpaired) electrons. The normalized spacial score (nSPS) is 17.4. The van der Waals surface area contributed by atoms with E-state index in [9.17, 15) is 18.8 Å². The molecule has 4 N–H and O–H groups in total. The molecule has 4 rings (SSSR count). The van der Waals surface area contributed by atoms with Gasteiger partial charge in [-0.1, -0.05) is 0 Å². The summed E-state index contributed by atoms with van der Waals surface area (Å²) in [6.07, 6.45) is 2.76. The number of thiophene rings is 1. The molecule has 2 aromatic rings. The van der Waals surface area contributed by atoms with Crippen LogP contribution in [0.1, 0.15) is 34.1 Å². The fraction of sp³-hybridized carbons (Fsp3) is 0.435. The number of carbonyl (C=O) groups excluding carboxylic acids is 3. The van der Waals surface area contributed by atoms with Gasteiger partial charge in [-0.3, -0.25) is 24.2 Å². The third kappa shape index (κ3) is 5.40. The largest absolute Gasteiger partial charge is 0.365 e. The second kappa shape index (κ2) is 9.98. The van der Waals surface area contributed by atoms with Gasteiger partial charge in [-0.25, -0.2) is 4.39 Å². The van der Waals surface area contributed by atoms with Crippen LogP contribution in [-0.4, -0.2) is 66.3 Å². The van der Waals surface area contributed by atoms with Crippen LogP contribution in [0.4, 0.5) is 15.1 Å². The zero-order valence-corrected chi connectivity index (χ0v) is 19.3. The fourth-order valence-corrected chi connectivity index (χ4v) is 5.68. The van der Waals surface area contributed by atoms with E-state index < -0.39 is 5.91 Å². The van der Waals surface area contributed by atoms with Crippen molar-refractivity contribution in [2.45, 2.75) is 32.2 Å². The van der Waals surface area contributed by atoms with Crippen LogP contribution in [0.5, 0.6) is 0 Å². The Morgan fingerprint density at radius 1 is 1.09 bits per heavy atom. The average molecular weight is 474 g/mol. The summed E-state index contributed by atoms with van der Waals surface area (Å²) in [5.74, 6) is -1.17.